The second-order valence-electron chi connectivity index (χ2n) is 7.12. The summed E-state index contributed by atoms with van der Waals surface area (Å²) in [5.74, 6) is -0.500. The molecular formula is C26H18FN3O3S. The van der Waals surface area contributed by atoms with Crippen LogP contribution in [0.25, 0.3) is 17.3 Å². The summed E-state index contributed by atoms with van der Waals surface area (Å²) in [5, 5.41) is 12.6. The highest BCUT2D eigenvalue weighted by Crippen LogP contribution is 2.17. The van der Waals surface area contributed by atoms with Crippen LogP contribution in [0.1, 0.15) is 5.56 Å². The Kier molecular flexibility index (Phi) is 6.67. The number of hydrogen-bond acceptors (Lipinski definition) is 5. The van der Waals surface area contributed by atoms with Crippen LogP contribution in [-0.2, 0) is 4.79 Å². The molecule has 0 aliphatic heterocycles. The maximum atomic E-state index is 13.3. The zero-order valence-electron chi connectivity index (χ0n) is 18.0. The molecule has 0 aliphatic rings. The number of benzene rings is 3. The Morgan fingerprint density at radius 1 is 1.09 bits per heavy atom. The van der Waals surface area contributed by atoms with E-state index in [1.807, 2.05) is 6.07 Å². The molecule has 0 atom stereocenters. The van der Waals surface area contributed by atoms with E-state index in [1.165, 1.54) is 23.8 Å². The van der Waals surface area contributed by atoms with Crippen molar-refractivity contribution in [2.45, 2.75) is 0 Å². The number of thiazole rings is 1. The molecule has 0 radical (unpaired) electrons. The molecule has 1 heterocycles. The number of aromatic nitrogens is 1. The van der Waals surface area contributed by atoms with E-state index in [0.717, 1.165) is 11.3 Å². The molecule has 0 saturated carbocycles. The molecule has 168 valence electrons. The predicted molar refractivity (Wildman–Crippen MR) is 130 cm³/mol. The van der Waals surface area contributed by atoms with Crippen LogP contribution in [0.15, 0.2) is 83.7 Å². The van der Waals surface area contributed by atoms with Crippen molar-refractivity contribution in [1.82, 2.24) is 4.57 Å². The van der Waals surface area contributed by atoms with Crippen molar-refractivity contribution in [3.63, 3.8) is 0 Å². The normalized spacial score (nSPS) is 12.1. The topological polar surface area (TPSA) is 84.1 Å². The van der Waals surface area contributed by atoms with Gasteiger partial charge in [-0.3, -0.25) is 14.2 Å². The Hall–Kier alpha value is -4.48. The van der Waals surface area contributed by atoms with Crippen LogP contribution in [0, 0.1) is 17.1 Å². The van der Waals surface area contributed by atoms with Crippen molar-refractivity contribution < 1.29 is 13.9 Å². The minimum atomic E-state index is -0.657. The van der Waals surface area contributed by atoms with E-state index in [2.05, 4.69) is 5.32 Å². The SMILES string of the molecule is COc1cccc(NC(=O)/C(C#N)=c2/s/c(=C/c3ccc(F)cc3)c(=O)n2-c2ccccc2)c1. The molecule has 1 N–H and O–H groups in total. The Labute approximate surface area is 198 Å². The summed E-state index contributed by atoms with van der Waals surface area (Å²) in [6.45, 7) is 0. The van der Waals surface area contributed by atoms with Crippen LogP contribution in [-0.4, -0.2) is 17.6 Å². The summed E-state index contributed by atoms with van der Waals surface area (Å²) in [4.78, 5) is 26.4. The number of para-hydroxylation sites is 1. The molecule has 0 bridgehead atoms. The summed E-state index contributed by atoms with van der Waals surface area (Å²) in [7, 11) is 1.51. The number of ether oxygens (including phenoxy) is 1. The van der Waals surface area contributed by atoms with Crippen molar-refractivity contribution >= 4 is 34.6 Å². The minimum absolute atomic E-state index is 0.187. The van der Waals surface area contributed by atoms with Crippen molar-refractivity contribution in [3.8, 4) is 17.5 Å². The molecule has 0 spiro atoms. The van der Waals surface area contributed by atoms with Crippen LogP contribution < -0.4 is 24.8 Å². The number of anilines is 1. The molecule has 4 rings (SSSR count). The van der Waals surface area contributed by atoms with Crippen molar-refractivity contribution in [1.29, 1.82) is 5.26 Å². The van der Waals surface area contributed by atoms with Crippen LogP contribution in [0.2, 0.25) is 0 Å². The molecule has 0 fully saturated rings. The standard InChI is InChI=1S/C26H18FN3O3S/c1-33-21-9-5-6-19(15-21)29-24(31)22(16-28)26-30(20-7-3-2-4-8-20)25(32)23(34-26)14-17-10-12-18(27)13-11-17/h2-15H,1H3,(H,29,31)/b23-14+,26-22+. The van der Waals surface area contributed by atoms with Gasteiger partial charge in [0.05, 0.1) is 17.3 Å². The third-order valence-corrected chi connectivity index (χ3v) is 5.98. The lowest BCUT2D eigenvalue weighted by atomic mass is 10.2. The molecule has 1 amide bonds. The lowest BCUT2D eigenvalue weighted by molar-refractivity contribution is -0.111. The number of nitrogens with zero attached hydrogens (tertiary/aromatic N) is 2. The summed E-state index contributed by atoms with van der Waals surface area (Å²) >= 11 is 1.02. The molecule has 3 aromatic carbocycles. The van der Waals surface area contributed by atoms with Gasteiger partial charge < -0.3 is 10.1 Å². The van der Waals surface area contributed by atoms with Gasteiger partial charge in [-0.25, -0.2) is 4.39 Å². The quantitative estimate of drug-likeness (QED) is 0.485. The van der Waals surface area contributed by atoms with E-state index in [4.69, 9.17) is 4.74 Å². The van der Waals surface area contributed by atoms with Gasteiger partial charge in [0.15, 0.2) is 5.57 Å². The van der Waals surface area contributed by atoms with E-state index in [0.29, 0.717) is 27.2 Å². The van der Waals surface area contributed by atoms with Crippen LogP contribution in [0.3, 0.4) is 0 Å². The highest BCUT2D eigenvalue weighted by Gasteiger charge is 2.17. The first-order valence-corrected chi connectivity index (χ1v) is 11.0. The number of carbonyl (C=O) groups is 1. The van der Waals surface area contributed by atoms with Gasteiger partial charge in [-0.15, -0.1) is 11.3 Å². The predicted octanol–water partition coefficient (Wildman–Crippen LogP) is 3.19. The van der Waals surface area contributed by atoms with E-state index < -0.39 is 11.5 Å². The zero-order chi connectivity index (χ0) is 24.1. The number of carbonyl (C=O) groups excluding carboxylic acids is 1. The Balaban J connectivity index is 1.92. The maximum Gasteiger partial charge on any atom is 0.273 e. The van der Waals surface area contributed by atoms with Gasteiger partial charge in [0, 0.05) is 11.8 Å². The first-order chi connectivity index (χ1) is 16.5. The van der Waals surface area contributed by atoms with Gasteiger partial charge in [0.25, 0.3) is 11.5 Å². The highest BCUT2D eigenvalue weighted by molar-refractivity contribution is 7.07. The lowest BCUT2D eigenvalue weighted by Gasteiger charge is -2.07. The molecule has 34 heavy (non-hydrogen) atoms. The van der Waals surface area contributed by atoms with Gasteiger partial charge in [-0.1, -0.05) is 36.4 Å². The van der Waals surface area contributed by atoms with Gasteiger partial charge in [0.1, 0.15) is 22.3 Å². The first kappa shape index (κ1) is 22.7. The number of nitrogens with one attached hydrogen (secondary N) is 1. The Bertz CT molecular complexity index is 1570. The van der Waals surface area contributed by atoms with E-state index in [1.54, 1.807) is 72.8 Å². The first-order valence-electron chi connectivity index (χ1n) is 10.1. The van der Waals surface area contributed by atoms with Gasteiger partial charge in [-0.2, -0.15) is 5.26 Å². The molecule has 6 nitrogen and oxygen atoms in total. The molecule has 8 heteroatoms. The van der Waals surface area contributed by atoms with Gasteiger partial charge in [0.2, 0.25) is 0 Å². The number of methoxy groups -OCH3 is 1. The minimum Gasteiger partial charge on any atom is -0.497 e. The van der Waals surface area contributed by atoms with E-state index in [9.17, 15) is 19.2 Å². The number of halogens is 1. The highest BCUT2D eigenvalue weighted by atomic mass is 32.1. The van der Waals surface area contributed by atoms with Crippen molar-refractivity contribution in [2.24, 2.45) is 0 Å². The maximum absolute atomic E-state index is 13.3. The second-order valence-corrected chi connectivity index (χ2v) is 8.15. The zero-order valence-corrected chi connectivity index (χ0v) is 18.8. The number of hydrogen-bond donors (Lipinski definition) is 1. The summed E-state index contributed by atoms with van der Waals surface area (Å²) < 4.78 is 20.3. The largest absolute Gasteiger partial charge is 0.497 e. The fourth-order valence-corrected chi connectivity index (χ4v) is 4.36. The van der Waals surface area contributed by atoms with Crippen LogP contribution >= 0.6 is 11.3 Å². The summed E-state index contributed by atoms with van der Waals surface area (Å²) in [6, 6.07) is 23.1. The third-order valence-electron chi connectivity index (χ3n) is 4.89. The molecule has 4 aromatic rings. The summed E-state index contributed by atoms with van der Waals surface area (Å²) in [6.07, 6.45) is 1.60. The number of rotatable bonds is 5. The summed E-state index contributed by atoms with van der Waals surface area (Å²) in [5.41, 5.74) is 0.968. The van der Waals surface area contributed by atoms with Gasteiger partial charge in [-0.05, 0) is 48.0 Å². The Morgan fingerprint density at radius 3 is 2.50 bits per heavy atom. The van der Waals surface area contributed by atoms with Crippen LogP contribution in [0.5, 0.6) is 5.75 Å². The third kappa shape index (κ3) is 4.80. The average molecular weight is 472 g/mol. The van der Waals surface area contributed by atoms with Crippen molar-refractivity contribution in [2.75, 3.05) is 12.4 Å². The van der Waals surface area contributed by atoms with E-state index >= 15 is 0 Å². The van der Waals surface area contributed by atoms with Crippen molar-refractivity contribution in [3.05, 3.63) is 110 Å². The lowest BCUT2D eigenvalue weighted by Crippen LogP contribution is -2.32. The number of nitriles is 1. The second kappa shape index (κ2) is 9.98. The fourth-order valence-electron chi connectivity index (χ4n) is 3.26. The monoisotopic (exact) mass is 471 g/mol. The van der Waals surface area contributed by atoms with Crippen LogP contribution in [0.4, 0.5) is 10.1 Å². The molecule has 0 saturated heterocycles. The number of amides is 1. The average Bonchev–Trinajstić information content (AvgIpc) is 3.17. The van der Waals surface area contributed by atoms with Gasteiger partial charge >= 0.3 is 0 Å². The molecule has 0 aliphatic carbocycles. The smallest absolute Gasteiger partial charge is 0.273 e. The van der Waals surface area contributed by atoms with E-state index in [-0.39, 0.29) is 16.1 Å². The molecular weight excluding hydrogens is 453 g/mol. The molecule has 1 aromatic heterocycles. The molecule has 0 unspecified atom stereocenters. The Morgan fingerprint density at radius 2 is 1.82 bits per heavy atom. The fraction of sp³-hybridized carbons (Fsp3) is 0.0385.